The second-order valence-electron chi connectivity index (χ2n) is 7.18. The van der Waals surface area contributed by atoms with E-state index in [-0.39, 0.29) is 5.56 Å². The van der Waals surface area contributed by atoms with E-state index in [2.05, 4.69) is 11.2 Å². The first kappa shape index (κ1) is 20.1. The molecule has 2 aromatic heterocycles. The number of nitrogens with one attached hydrogen (secondary N) is 1. The molecule has 0 saturated carbocycles. The van der Waals surface area contributed by atoms with Crippen molar-refractivity contribution < 1.29 is 0 Å². The van der Waals surface area contributed by atoms with Crippen molar-refractivity contribution in [1.29, 1.82) is 5.26 Å². The standard InChI is InChI=1S/C25H14Cl2N4O/c26-18-10-11-19(20(27)12-18)23-24(17-4-2-1-3-5-17)30-31-22(32)13-21(29-25(23)31)16-8-6-15(14-28)7-9-16/h1-13,30H. The maximum atomic E-state index is 13.0. The van der Waals surface area contributed by atoms with Crippen LogP contribution in [0.2, 0.25) is 10.0 Å². The van der Waals surface area contributed by atoms with Crippen molar-refractivity contribution in [3.05, 3.63) is 105 Å². The molecule has 2 heterocycles. The molecule has 0 fully saturated rings. The fraction of sp³-hybridized carbons (Fsp3) is 0. The largest absolute Gasteiger partial charge is 0.288 e. The average molecular weight is 457 g/mol. The van der Waals surface area contributed by atoms with Gasteiger partial charge in [-0.05, 0) is 24.3 Å². The summed E-state index contributed by atoms with van der Waals surface area (Å²) in [7, 11) is 0. The van der Waals surface area contributed by atoms with E-state index < -0.39 is 0 Å². The van der Waals surface area contributed by atoms with Gasteiger partial charge in [-0.3, -0.25) is 9.89 Å². The minimum atomic E-state index is -0.261. The van der Waals surface area contributed by atoms with Crippen LogP contribution >= 0.6 is 23.2 Å². The monoisotopic (exact) mass is 456 g/mol. The first-order valence-corrected chi connectivity index (χ1v) is 10.5. The molecule has 0 atom stereocenters. The molecule has 154 valence electrons. The summed E-state index contributed by atoms with van der Waals surface area (Å²) in [6.07, 6.45) is 0. The molecule has 5 aromatic rings. The number of rotatable bonds is 3. The van der Waals surface area contributed by atoms with Gasteiger partial charge in [0.2, 0.25) is 0 Å². The van der Waals surface area contributed by atoms with Gasteiger partial charge < -0.3 is 0 Å². The highest BCUT2D eigenvalue weighted by Crippen LogP contribution is 2.39. The SMILES string of the molecule is N#Cc1ccc(-c2cc(=O)n3[nH]c(-c4ccccc4)c(-c4ccc(Cl)cc4Cl)c3n2)cc1. The lowest BCUT2D eigenvalue weighted by atomic mass is 10.0. The van der Waals surface area contributed by atoms with Crippen molar-refractivity contribution in [2.45, 2.75) is 0 Å². The van der Waals surface area contributed by atoms with E-state index in [1.54, 1.807) is 36.4 Å². The summed E-state index contributed by atoms with van der Waals surface area (Å²) < 4.78 is 1.41. The lowest BCUT2D eigenvalue weighted by Crippen LogP contribution is -2.14. The summed E-state index contributed by atoms with van der Waals surface area (Å²) in [5.41, 5.74) is 4.97. The zero-order valence-corrected chi connectivity index (χ0v) is 18.0. The number of nitrogens with zero attached hydrogens (tertiary/aromatic N) is 3. The molecule has 3 aromatic carbocycles. The summed E-state index contributed by atoms with van der Waals surface area (Å²) in [5.74, 6) is 0. The molecule has 0 aliphatic carbocycles. The fourth-order valence-electron chi connectivity index (χ4n) is 3.66. The van der Waals surface area contributed by atoms with Gasteiger partial charge in [-0.25, -0.2) is 9.50 Å². The van der Waals surface area contributed by atoms with Crippen molar-refractivity contribution >= 4 is 28.8 Å². The molecule has 0 saturated heterocycles. The first-order chi connectivity index (χ1) is 15.5. The van der Waals surface area contributed by atoms with Crippen molar-refractivity contribution in [2.75, 3.05) is 0 Å². The van der Waals surface area contributed by atoms with E-state index >= 15 is 0 Å². The van der Waals surface area contributed by atoms with Crippen LogP contribution in [0.4, 0.5) is 0 Å². The number of nitriles is 1. The molecule has 1 N–H and O–H groups in total. The van der Waals surface area contributed by atoms with Crippen molar-refractivity contribution in [2.24, 2.45) is 0 Å². The zero-order valence-electron chi connectivity index (χ0n) is 16.5. The van der Waals surface area contributed by atoms with Crippen molar-refractivity contribution in [3.63, 3.8) is 0 Å². The van der Waals surface area contributed by atoms with Crippen LogP contribution < -0.4 is 5.56 Å². The van der Waals surface area contributed by atoms with Gasteiger partial charge in [0.1, 0.15) is 0 Å². The Kier molecular flexibility index (Phi) is 5.02. The number of hydrogen-bond donors (Lipinski definition) is 1. The smallest absolute Gasteiger partial charge is 0.273 e. The van der Waals surface area contributed by atoms with Crippen LogP contribution in [0, 0.1) is 11.3 Å². The predicted octanol–water partition coefficient (Wildman–Crippen LogP) is 6.20. The Morgan fingerprint density at radius 3 is 2.34 bits per heavy atom. The molecule has 0 amide bonds. The third-order valence-electron chi connectivity index (χ3n) is 5.19. The molecular weight excluding hydrogens is 443 g/mol. The Bertz CT molecular complexity index is 1560. The minimum Gasteiger partial charge on any atom is -0.288 e. The van der Waals surface area contributed by atoms with Crippen LogP contribution in [0.5, 0.6) is 0 Å². The maximum Gasteiger partial charge on any atom is 0.273 e. The summed E-state index contributed by atoms with van der Waals surface area (Å²) in [6, 6.07) is 25.4. The molecule has 0 radical (unpaired) electrons. The molecule has 0 bridgehead atoms. The third kappa shape index (κ3) is 3.46. The predicted molar refractivity (Wildman–Crippen MR) is 127 cm³/mol. The molecule has 5 rings (SSSR count). The van der Waals surface area contributed by atoms with Crippen LogP contribution in [0.1, 0.15) is 5.56 Å². The molecule has 0 aliphatic rings. The number of aromatic amines is 1. The van der Waals surface area contributed by atoms with Crippen LogP contribution in [0.3, 0.4) is 0 Å². The normalized spacial score (nSPS) is 10.9. The van der Waals surface area contributed by atoms with E-state index in [4.69, 9.17) is 33.4 Å². The third-order valence-corrected chi connectivity index (χ3v) is 5.74. The number of aromatic nitrogens is 3. The Labute approximate surface area is 193 Å². The Hall–Kier alpha value is -3.85. The van der Waals surface area contributed by atoms with Crippen molar-refractivity contribution in [1.82, 2.24) is 14.6 Å². The second-order valence-corrected chi connectivity index (χ2v) is 8.02. The maximum absolute atomic E-state index is 13.0. The van der Waals surface area contributed by atoms with Gasteiger partial charge in [-0.2, -0.15) is 5.26 Å². The lowest BCUT2D eigenvalue weighted by Gasteiger charge is -2.07. The number of halogens is 2. The van der Waals surface area contributed by atoms with Crippen LogP contribution in [-0.4, -0.2) is 14.6 Å². The average Bonchev–Trinajstić information content (AvgIpc) is 3.20. The molecule has 7 heteroatoms. The van der Waals surface area contributed by atoms with E-state index in [1.165, 1.54) is 10.6 Å². The van der Waals surface area contributed by atoms with E-state index in [0.717, 1.165) is 16.8 Å². The second kappa shape index (κ2) is 8.01. The summed E-state index contributed by atoms with van der Waals surface area (Å²) in [5, 5.41) is 13.2. The van der Waals surface area contributed by atoms with E-state index in [1.807, 2.05) is 36.4 Å². The van der Waals surface area contributed by atoms with Gasteiger partial charge in [0.05, 0.1) is 33.6 Å². The fourth-order valence-corrected chi connectivity index (χ4v) is 4.16. The number of benzene rings is 3. The van der Waals surface area contributed by atoms with Crippen molar-refractivity contribution in [3.8, 4) is 39.7 Å². The number of fused-ring (bicyclic) bond motifs is 1. The lowest BCUT2D eigenvalue weighted by molar-refractivity contribution is 0.904. The highest BCUT2D eigenvalue weighted by atomic mass is 35.5. The van der Waals surface area contributed by atoms with Gasteiger partial charge >= 0.3 is 0 Å². The van der Waals surface area contributed by atoms with Gasteiger partial charge in [0.15, 0.2) is 5.65 Å². The summed E-state index contributed by atoms with van der Waals surface area (Å²) >= 11 is 12.7. The van der Waals surface area contributed by atoms with Crippen LogP contribution in [0.15, 0.2) is 83.7 Å². The van der Waals surface area contributed by atoms with Gasteiger partial charge in [-0.1, -0.05) is 71.7 Å². The minimum absolute atomic E-state index is 0.261. The quantitative estimate of drug-likeness (QED) is 0.351. The number of hydrogen-bond acceptors (Lipinski definition) is 3. The topological polar surface area (TPSA) is 73.9 Å². The van der Waals surface area contributed by atoms with Gasteiger partial charge in [0.25, 0.3) is 5.56 Å². The zero-order chi connectivity index (χ0) is 22.2. The highest BCUT2D eigenvalue weighted by molar-refractivity contribution is 6.36. The van der Waals surface area contributed by atoms with Gasteiger partial charge in [-0.15, -0.1) is 0 Å². The number of H-pyrrole nitrogens is 1. The van der Waals surface area contributed by atoms with E-state index in [0.29, 0.717) is 38.1 Å². The first-order valence-electron chi connectivity index (χ1n) is 9.72. The summed E-state index contributed by atoms with van der Waals surface area (Å²) in [6.45, 7) is 0. The Balaban J connectivity index is 1.84. The molecule has 32 heavy (non-hydrogen) atoms. The molecule has 0 unspecified atom stereocenters. The van der Waals surface area contributed by atoms with E-state index in [9.17, 15) is 4.79 Å². The Morgan fingerprint density at radius 2 is 1.66 bits per heavy atom. The van der Waals surface area contributed by atoms with Crippen LogP contribution in [-0.2, 0) is 0 Å². The molecule has 0 aliphatic heterocycles. The molecule has 0 spiro atoms. The molecular formula is C25H14Cl2N4O. The Morgan fingerprint density at radius 1 is 0.906 bits per heavy atom. The van der Waals surface area contributed by atoms with Gasteiger partial charge in [0, 0.05) is 27.8 Å². The molecule has 5 nitrogen and oxygen atoms in total. The summed E-state index contributed by atoms with van der Waals surface area (Å²) in [4.78, 5) is 17.9. The van der Waals surface area contributed by atoms with Crippen LogP contribution in [0.25, 0.3) is 39.3 Å². The highest BCUT2D eigenvalue weighted by Gasteiger charge is 2.21.